The van der Waals surface area contributed by atoms with Gasteiger partial charge in [0.2, 0.25) is 5.91 Å². The van der Waals surface area contributed by atoms with E-state index >= 15 is 0 Å². The highest BCUT2D eigenvalue weighted by molar-refractivity contribution is 5.90. The molecule has 2 N–H and O–H groups in total. The van der Waals surface area contributed by atoms with Gasteiger partial charge in [-0.15, -0.1) is 0 Å². The molecule has 0 atom stereocenters. The Hall–Kier alpha value is -1.85. The Balaban J connectivity index is 2.22. The first-order chi connectivity index (χ1) is 8.11. The third-order valence-electron chi connectivity index (χ3n) is 2.29. The minimum absolute atomic E-state index is 0.106. The summed E-state index contributed by atoms with van der Waals surface area (Å²) in [5.41, 5.74) is 0.676. The number of amides is 1. The van der Waals surface area contributed by atoms with Gasteiger partial charge in [-0.25, -0.2) is 0 Å². The largest absolute Gasteiger partial charge is 0.481 e. The highest BCUT2D eigenvalue weighted by Crippen LogP contribution is 2.07. The second kappa shape index (κ2) is 6.67. The fourth-order valence-electron chi connectivity index (χ4n) is 1.39. The number of carboxylic acid groups (broad SMARTS) is 1. The van der Waals surface area contributed by atoms with E-state index in [1.165, 1.54) is 0 Å². The molecule has 94 valence electrons. The van der Waals surface area contributed by atoms with Crippen LogP contribution < -0.4 is 5.32 Å². The molecule has 0 aliphatic carbocycles. The summed E-state index contributed by atoms with van der Waals surface area (Å²) in [5, 5.41) is 15.2. The van der Waals surface area contributed by atoms with Crippen molar-refractivity contribution in [2.24, 2.45) is 0 Å². The summed E-state index contributed by atoms with van der Waals surface area (Å²) in [7, 11) is 0. The van der Waals surface area contributed by atoms with Crippen LogP contribution in [0.4, 0.5) is 5.69 Å². The van der Waals surface area contributed by atoms with E-state index < -0.39 is 5.97 Å². The molecule has 1 heterocycles. The molecule has 0 bridgehead atoms. The van der Waals surface area contributed by atoms with Crippen molar-refractivity contribution in [3.8, 4) is 0 Å². The van der Waals surface area contributed by atoms with Crippen LogP contribution in [0.15, 0.2) is 12.4 Å². The predicted molar refractivity (Wildman–Crippen MR) is 62.6 cm³/mol. The zero-order valence-electron chi connectivity index (χ0n) is 9.85. The molecule has 0 unspecified atom stereocenters. The van der Waals surface area contributed by atoms with Crippen molar-refractivity contribution in [1.29, 1.82) is 0 Å². The number of aromatic nitrogens is 2. The molecule has 0 aliphatic rings. The third kappa shape index (κ3) is 5.14. The lowest BCUT2D eigenvalue weighted by atomic mass is 10.2. The Morgan fingerprint density at radius 3 is 2.71 bits per heavy atom. The topological polar surface area (TPSA) is 84.2 Å². The highest BCUT2D eigenvalue weighted by atomic mass is 16.4. The molecule has 1 amide bonds. The van der Waals surface area contributed by atoms with E-state index in [4.69, 9.17) is 5.11 Å². The van der Waals surface area contributed by atoms with Crippen molar-refractivity contribution in [3.05, 3.63) is 12.4 Å². The number of unbranched alkanes of at least 4 members (excludes halogenated alkanes) is 1. The highest BCUT2D eigenvalue weighted by Gasteiger charge is 2.05. The SMILES string of the molecule is CCn1cc(NC(=O)CCCCC(=O)O)cn1. The summed E-state index contributed by atoms with van der Waals surface area (Å²) in [5.74, 6) is -0.930. The quantitative estimate of drug-likeness (QED) is 0.706. The molecule has 0 saturated carbocycles. The number of nitrogens with zero attached hydrogens (tertiary/aromatic N) is 2. The molecule has 0 aliphatic heterocycles. The average Bonchev–Trinajstić information content (AvgIpc) is 2.72. The molecule has 17 heavy (non-hydrogen) atoms. The molecule has 0 saturated heterocycles. The fourth-order valence-corrected chi connectivity index (χ4v) is 1.39. The number of aliphatic carboxylic acids is 1. The van der Waals surface area contributed by atoms with Crippen LogP contribution in [0, 0.1) is 0 Å². The van der Waals surface area contributed by atoms with E-state index in [1.54, 1.807) is 17.1 Å². The van der Waals surface area contributed by atoms with E-state index in [-0.39, 0.29) is 12.3 Å². The number of carbonyl (C=O) groups excluding carboxylic acids is 1. The van der Waals surface area contributed by atoms with E-state index in [2.05, 4.69) is 10.4 Å². The lowest BCUT2D eigenvalue weighted by molar-refractivity contribution is -0.137. The van der Waals surface area contributed by atoms with Gasteiger partial charge in [0, 0.05) is 25.6 Å². The molecule has 0 radical (unpaired) electrons. The van der Waals surface area contributed by atoms with Crippen molar-refractivity contribution in [3.63, 3.8) is 0 Å². The monoisotopic (exact) mass is 239 g/mol. The van der Waals surface area contributed by atoms with Crippen LogP contribution in [0.25, 0.3) is 0 Å². The first-order valence-electron chi connectivity index (χ1n) is 5.66. The molecule has 1 aromatic heterocycles. The third-order valence-corrected chi connectivity index (χ3v) is 2.29. The molecule has 0 fully saturated rings. The molecule has 6 nitrogen and oxygen atoms in total. The Labute approximate surface area is 99.6 Å². The van der Waals surface area contributed by atoms with E-state index in [0.29, 0.717) is 24.9 Å². The lowest BCUT2D eigenvalue weighted by Crippen LogP contribution is -2.10. The van der Waals surface area contributed by atoms with Gasteiger partial charge >= 0.3 is 5.97 Å². The second-order valence-electron chi connectivity index (χ2n) is 3.73. The maximum atomic E-state index is 11.5. The summed E-state index contributed by atoms with van der Waals surface area (Å²) in [6.07, 6.45) is 4.91. The normalized spacial score (nSPS) is 10.2. The summed E-state index contributed by atoms with van der Waals surface area (Å²) in [4.78, 5) is 21.7. The lowest BCUT2D eigenvalue weighted by Gasteiger charge is -2.01. The molecular weight excluding hydrogens is 222 g/mol. The average molecular weight is 239 g/mol. The Morgan fingerprint density at radius 1 is 1.41 bits per heavy atom. The van der Waals surface area contributed by atoms with E-state index in [1.807, 2.05) is 6.92 Å². The van der Waals surface area contributed by atoms with Crippen molar-refractivity contribution >= 4 is 17.6 Å². The Morgan fingerprint density at radius 2 is 2.12 bits per heavy atom. The molecule has 1 rings (SSSR count). The van der Waals surface area contributed by atoms with Crippen molar-refractivity contribution in [1.82, 2.24) is 9.78 Å². The number of hydrogen-bond donors (Lipinski definition) is 2. The predicted octanol–water partition coefficient (Wildman–Crippen LogP) is 1.49. The van der Waals surface area contributed by atoms with Gasteiger partial charge in [-0.05, 0) is 19.8 Å². The van der Waals surface area contributed by atoms with E-state index in [9.17, 15) is 9.59 Å². The number of carbonyl (C=O) groups is 2. The number of anilines is 1. The van der Waals surface area contributed by atoms with Gasteiger partial charge in [-0.1, -0.05) is 0 Å². The van der Waals surface area contributed by atoms with Gasteiger partial charge in [0.25, 0.3) is 0 Å². The zero-order valence-corrected chi connectivity index (χ0v) is 9.85. The maximum Gasteiger partial charge on any atom is 0.303 e. The summed E-state index contributed by atoms with van der Waals surface area (Å²) >= 11 is 0. The maximum absolute atomic E-state index is 11.5. The van der Waals surface area contributed by atoms with Crippen LogP contribution in [0.2, 0.25) is 0 Å². The van der Waals surface area contributed by atoms with Crippen LogP contribution in [-0.4, -0.2) is 26.8 Å². The number of rotatable bonds is 7. The first kappa shape index (κ1) is 13.2. The van der Waals surface area contributed by atoms with Crippen molar-refractivity contribution in [2.75, 3.05) is 5.32 Å². The van der Waals surface area contributed by atoms with Crippen LogP contribution in [0.3, 0.4) is 0 Å². The van der Waals surface area contributed by atoms with Crippen molar-refractivity contribution < 1.29 is 14.7 Å². The Bertz CT molecular complexity index is 387. The van der Waals surface area contributed by atoms with Crippen molar-refractivity contribution in [2.45, 2.75) is 39.2 Å². The van der Waals surface area contributed by atoms with Gasteiger partial charge in [-0.2, -0.15) is 5.10 Å². The molecule has 6 heteroatoms. The van der Waals surface area contributed by atoms with Gasteiger partial charge in [0.05, 0.1) is 11.9 Å². The van der Waals surface area contributed by atoms with Gasteiger partial charge in [0.1, 0.15) is 0 Å². The number of hydrogen-bond acceptors (Lipinski definition) is 3. The Kier molecular flexibility index (Phi) is 5.19. The number of nitrogens with one attached hydrogen (secondary N) is 1. The molecular formula is C11H17N3O3. The standard InChI is InChI=1S/C11H17N3O3/c1-2-14-8-9(7-12-14)13-10(15)5-3-4-6-11(16)17/h7-8H,2-6H2,1H3,(H,13,15)(H,16,17). The van der Waals surface area contributed by atoms with E-state index in [0.717, 1.165) is 6.54 Å². The fraction of sp³-hybridized carbons (Fsp3) is 0.545. The van der Waals surface area contributed by atoms with Crippen LogP contribution >= 0.6 is 0 Å². The summed E-state index contributed by atoms with van der Waals surface area (Å²) < 4.78 is 1.72. The van der Waals surface area contributed by atoms with Gasteiger partial charge in [0.15, 0.2) is 0 Å². The molecule has 0 aromatic carbocycles. The second-order valence-corrected chi connectivity index (χ2v) is 3.73. The first-order valence-corrected chi connectivity index (χ1v) is 5.66. The molecule has 1 aromatic rings. The smallest absolute Gasteiger partial charge is 0.303 e. The van der Waals surface area contributed by atoms with Crippen LogP contribution in [0.5, 0.6) is 0 Å². The number of aryl methyl sites for hydroxylation is 1. The van der Waals surface area contributed by atoms with Gasteiger partial charge < -0.3 is 10.4 Å². The zero-order chi connectivity index (χ0) is 12.7. The minimum Gasteiger partial charge on any atom is -0.481 e. The minimum atomic E-state index is -0.824. The summed E-state index contributed by atoms with van der Waals surface area (Å²) in [6.45, 7) is 2.72. The van der Waals surface area contributed by atoms with Crippen LogP contribution in [0.1, 0.15) is 32.6 Å². The number of carboxylic acids is 1. The van der Waals surface area contributed by atoms with Gasteiger partial charge in [-0.3, -0.25) is 14.3 Å². The van der Waals surface area contributed by atoms with Crippen LogP contribution in [-0.2, 0) is 16.1 Å². The summed E-state index contributed by atoms with van der Waals surface area (Å²) in [6, 6.07) is 0. The molecule has 0 spiro atoms.